The Morgan fingerprint density at radius 2 is 1.76 bits per heavy atom. The molecule has 0 fully saturated rings. The summed E-state index contributed by atoms with van der Waals surface area (Å²) in [5.74, 6) is 1.02. The second-order valence-electron chi connectivity index (χ2n) is 5.27. The maximum absolute atomic E-state index is 6.19. The Bertz CT molecular complexity index is 784. The van der Waals surface area contributed by atoms with Crippen LogP contribution in [0.1, 0.15) is 25.3 Å². The van der Waals surface area contributed by atoms with Gasteiger partial charge in [0, 0.05) is 11.3 Å². The number of fused-ring (bicyclic) bond motifs is 1. The smallest absolute Gasteiger partial charge is 0.138 e. The Hall–Kier alpha value is -2.13. The lowest BCUT2D eigenvalue weighted by atomic mass is 10.1. The van der Waals surface area contributed by atoms with E-state index >= 15 is 0 Å². The standard InChI is InChI=1S/C17H16ClN3/c1-11(2)15-16(18)19-10-20-17(15)21-14-8-7-12-5-3-4-6-13(12)9-14/h3-11H,1-2H3,(H,19,20,21). The first-order valence-corrected chi connectivity index (χ1v) is 7.29. The van der Waals surface area contributed by atoms with E-state index in [4.69, 9.17) is 11.6 Å². The maximum atomic E-state index is 6.19. The van der Waals surface area contributed by atoms with E-state index in [2.05, 4.69) is 53.4 Å². The Morgan fingerprint density at radius 3 is 2.52 bits per heavy atom. The highest BCUT2D eigenvalue weighted by Crippen LogP contribution is 2.30. The first-order valence-electron chi connectivity index (χ1n) is 6.91. The van der Waals surface area contributed by atoms with Crippen molar-refractivity contribution in [2.24, 2.45) is 0 Å². The highest BCUT2D eigenvalue weighted by molar-refractivity contribution is 6.30. The quantitative estimate of drug-likeness (QED) is 0.679. The summed E-state index contributed by atoms with van der Waals surface area (Å²) in [7, 11) is 0. The number of hydrogen-bond donors (Lipinski definition) is 1. The predicted molar refractivity (Wildman–Crippen MR) is 88.4 cm³/mol. The van der Waals surface area contributed by atoms with E-state index in [0.717, 1.165) is 17.1 Å². The molecule has 0 aliphatic heterocycles. The molecule has 106 valence electrons. The SMILES string of the molecule is CC(C)c1c(Cl)ncnc1Nc1ccc2ccccc2c1. The zero-order valence-electron chi connectivity index (χ0n) is 12.0. The molecule has 21 heavy (non-hydrogen) atoms. The minimum Gasteiger partial charge on any atom is -0.340 e. The molecular formula is C17H16ClN3. The monoisotopic (exact) mass is 297 g/mol. The van der Waals surface area contributed by atoms with Crippen molar-refractivity contribution in [3.8, 4) is 0 Å². The molecule has 0 bridgehead atoms. The minimum atomic E-state index is 0.252. The van der Waals surface area contributed by atoms with Gasteiger partial charge in [-0.3, -0.25) is 0 Å². The molecule has 1 aromatic heterocycles. The van der Waals surface area contributed by atoms with Crippen molar-refractivity contribution in [2.75, 3.05) is 5.32 Å². The summed E-state index contributed by atoms with van der Waals surface area (Å²) in [6.07, 6.45) is 1.48. The summed E-state index contributed by atoms with van der Waals surface area (Å²) < 4.78 is 0. The molecule has 0 aliphatic rings. The molecule has 0 unspecified atom stereocenters. The van der Waals surface area contributed by atoms with Crippen molar-refractivity contribution in [3.63, 3.8) is 0 Å². The minimum absolute atomic E-state index is 0.252. The largest absolute Gasteiger partial charge is 0.340 e. The molecule has 0 saturated carbocycles. The van der Waals surface area contributed by atoms with Crippen LogP contribution in [0.5, 0.6) is 0 Å². The Morgan fingerprint density at radius 1 is 1.00 bits per heavy atom. The first kappa shape index (κ1) is 13.8. The van der Waals surface area contributed by atoms with E-state index in [0.29, 0.717) is 5.15 Å². The Labute approximate surface area is 129 Å². The number of nitrogens with one attached hydrogen (secondary N) is 1. The van der Waals surface area contributed by atoms with Crippen LogP contribution in [-0.4, -0.2) is 9.97 Å². The van der Waals surface area contributed by atoms with Crippen LogP contribution >= 0.6 is 11.6 Å². The van der Waals surface area contributed by atoms with Crippen LogP contribution in [0.3, 0.4) is 0 Å². The lowest BCUT2D eigenvalue weighted by molar-refractivity contribution is 0.850. The van der Waals surface area contributed by atoms with E-state index < -0.39 is 0 Å². The normalized spacial score (nSPS) is 11.0. The highest BCUT2D eigenvalue weighted by Gasteiger charge is 2.13. The summed E-state index contributed by atoms with van der Waals surface area (Å²) in [5.41, 5.74) is 1.93. The van der Waals surface area contributed by atoms with Crippen LogP contribution in [-0.2, 0) is 0 Å². The molecule has 3 aromatic rings. The van der Waals surface area contributed by atoms with Crippen LogP contribution in [0.2, 0.25) is 5.15 Å². The van der Waals surface area contributed by atoms with Crippen LogP contribution in [0.15, 0.2) is 48.8 Å². The van der Waals surface area contributed by atoms with Crippen molar-refractivity contribution in [3.05, 3.63) is 59.5 Å². The lowest BCUT2D eigenvalue weighted by Crippen LogP contribution is -2.02. The van der Waals surface area contributed by atoms with Crippen LogP contribution in [0.4, 0.5) is 11.5 Å². The molecule has 0 aliphatic carbocycles. The molecular weight excluding hydrogens is 282 g/mol. The van der Waals surface area contributed by atoms with E-state index in [-0.39, 0.29) is 5.92 Å². The lowest BCUT2D eigenvalue weighted by Gasteiger charge is -2.14. The summed E-state index contributed by atoms with van der Waals surface area (Å²) in [6.45, 7) is 4.16. The zero-order chi connectivity index (χ0) is 14.8. The molecule has 0 spiro atoms. The number of hydrogen-bond acceptors (Lipinski definition) is 3. The van der Waals surface area contributed by atoms with E-state index in [1.54, 1.807) is 0 Å². The van der Waals surface area contributed by atoms with Gasteiger partial charge >= 0.3 is 0 Å². The van der Waals surface area contributed by atoms with Gasteiger partial charge in [-0.25, -0.2) is 9.97 Å². The molecule has 3 nitrogen and oxygen atoms in total. The molecule has 1 heterocycles. The summed E-state index contributed by atoms with van der Waals surface area (Å²) in [5, 5.41) is 6.26. The molecule has 1 N–H and O–H groups in total. The number of rotatable bonds is 3. The molecule has 2 aromatic carbocycles. The van der Waals surface area contributed by atoms with Crippen molar-refractivity contribution >= 4 is 33.9 Å². The number of benzene rings is 2. The van der Waals surface area contributed by atoms with Gasteiger partial charge in [-0.05, 0) is 28.8 Å². The van der Waals surface area contributed by atoms with Crippen molar-refractivity contribution in [1.29, 1.82) is 0 Å². The van der Waals surface area contributed by atoms with Gasteiger partial charge in [0.05, 0.1) is 0 Å². The van der Waals surface area contributed by atoms with E-state index in [1.807, 2.05) is 18.2 Å². The van der Waals surface area contributed by atoms with Crippen LogP contribution in [0, 0.1) is 0 Å². The van der Waals surface area contributed by atoms with Crippen molar-refractivity contribution in [2.45, 2.75) is 19.8 Å². The summed E-state index contributed by atoms with van der Waals surface area (Å²) in [6, 6.07) is 14.5. The van der Waals surface area contributed by atoms with Gasteiger partial charge < -0.3 is 5.32 Å². The highest BCUT2D eigenvalue weighted by atomic mass is 35.5. The van der Waals surface area contributed by atoms with Gasteiger partial charge in [0.15, 0.2) is 0 Å². The second kappa shape index (κ2) is 5.70. The van der Waals surface area contributed by atoms with Gasteiger partial charge in [0.1, 0.15) is 17.3 Å². The van der Waals surface area contributed by atoms with Gasteiger partial charge in [-0.1, -0.05) is 55.8 Å². The summed E-state index contributed by atoms with van der Waals surface area (Å²) in [4.78, 5) is 8.40. The van der Waals surface area contributed by atoms with Gasteiger partial charge in [0.25, 0.3) is 0 Å². The van der Waals surface area contributed by atoms with Gasteiger partial charge in [-0.2, -0.15) is 0 Å². The molecule has 3 rings (SSSR count). The molecule has 0 amide bonds. The fraction of sp³-hybridized carbons (Fsp3) is 0.176. The molecule has 4 heteroatoms. The average molecular weight is 298 g/mol. The number of anilines is 2. The number of aromatic nitrogens is 2. The van der Waals surface area contributed by atoms with E-state index in [1.165, 1.54) is 17.1 Å². The molecule has 0 radical (unpaired) electrons. The molecule has 0 saturated heterocycles. The van der Waals surface area contributed by atoms with E-state index in [9.17, 15) is 0 Å². The zero-order valence-corrected chi connectivity index (χ0v) is 12.7. The number of nitrogens with zero attached hydrogens (tertiary/aromatic N) is 2. The van der Waals surface area contributed by atoms with Crippen molar-refractivity contribution in [1.82, 2.24) is 9.97 Å². The van der Waals surface area contributed by atoms with Crippen molar-refractivity contribution < 1.29 is 0 Å². The Balaban J connectivity index is 2.00. The fourth-order valence-corrected chi connectivity index (χ4v) is 2.74. The second-order valence-corrected chi connectivity index (χ2v) is 5.63. The third-order valence-electron chi connectivity index (χ3n) is 3.42. The third kappa shape index (κ3) is 2.83. The van der Waals surface area contributed by atoms with Crippen LogP contribution < -0.4 is 5.32 Å². The van der Waals surface area contributed by atoms with Crippen LogP contribution in [0.25, 0.3) is 10.8 Å². The fourth-order valence-electron chi connectivity index (χ4n) is 2.39. The van der Waals surface area contributed by atoms with Gasteiger partial charge in [0.2, 0.25) is 0 Å². The summed E-state index contributed by atoms with van der Waals surface area (Å²) >= 11 is 6.19. The number of halogens is 1. The Kier molecular flexibility index (Phi) is 3.76. The molecule has 0 atom stereocenters. The predicted octanol–water partition coefficient (Wildman–Crippen LogP) is 5.15. The topological polar surface area (TPSA) is 37.8 Å². The average Bonchev–Trinajstić information content (AvgIpc) is 2.47. The maximum Gasteiger partial charge on any atom is 0.138 e. The first-order chi connectivity index (χ1) is 10.1. The third-order valence-corrected chi connectivity index (χ3v) is 3.73. The van der Waals surface area contributed by atoms with Gasteiger partial charge in [-0.15, -0.1) is 0 Å².